The highest BCUT2D eigenvalue weighted by Crippen LogP contribution is 2.18. The Labute approximate surface area is 112 Å². The Morgan fingerprint density at radius 2 is 2.28 bits per heavy atom. The fraction of sp³-hybridized carbons (Fsp3) is 0.833. The predicted molar refractivity (Wildman–Crippen MR) is 70.8 cm³/mol. The molecule has 0 aliphatic carbocycles. The van der Waals surface area contributed by atoms with Crippen molar-refractivity contribution in [2.75, 3.05) is 25.5 Å². The second kappa shape index (κ2) is 7.63. The Bertz CT molecular complexity index is 298. The zero-order valence-corrected chi connectivity index (χ0v) is 11.7. The fourth-order valence-electron chi connectivity index (χ4n) is 1.78. The first-order valence-corrected chi connectivity index (χ1v) is 7.35. The molecule has 1 rings (SSSR count). The number of carboxylic acids is 1. The van der Waals surface area contributed by atoms with Crippen LogP contribution in [0.5, 0.6) is 0 Å². The summed E-state index contributed by atoms with van der Waals surface area (Å²) in [7, 11) is 0. The van der Waals surface area contributed by atoms with Crippen LogP contribution in [-0.2, 0) is 14.3 Å². The van der Waals surface area contributed by atoms with Crippen molar-refractivity contribution in [1.29, 1.82) is 0 Å². The van der Waals surface area contributed by atoms with Crippen molar-refractivity contribution in [2.24, 2.45) is 0 Å². The van der Waals surface area contributed by atoms with E-state index < -0.39 is 12.0 Å². The van der Waals surface area contributed by atoms with Crippen LogP contribution in [-0.4, -0.2) is 58.7 Å². The van der Waals surface area contributed by atoms with Crippen LogP contribution in [0, 0.1) is 0 Å². The summed E-state index contributed by atoms with van der Waals surface area (Å²) < 4.78 is 5.12. The molecule has 5 nitrogen and oxygen atoms in total. The Balaban J connectivity index is 2.54. The number of rotatable bonds is 6. The van der Waals surface area contributed by atoms with Gasteiger partial charge in [0.05, 0.1) is 18.5 Å². The Hall–Kier alpha value is -0.750. The number of aliphatic carboxylic acids is 1. The molecule has 0 bridgehead atoms. The van der Waals surface area contributed by atoms with Gasteiger partial charge < -0.3 is 14.7 Å². The molecule has 1 N–H and O–H groups in total. The second-order valence-corrected chi connectivity index (χ2v) is 5.78. The third-order valence-electron chi connectivity index (χ3n) is 2.91. The van der Waals surface area contributed by atoms with Crippen molar-refractivity contribution in [2.45, 2.75) is 38.0 Å². The number of unbranched alkanes of at least 4 members (excludes halogenated alkanes) is 1. The average molecular weight is 275 g/mol. The van der Waals surface area contributed by atoms with Crippen LogP contribution in [0.25, 0.3) is 0 Å². The van der Waals surface area contributed by atoms with Gasteiger partial charge in [-0.25, -0.2) is 4.79 Å². The van der Waals surface area contributed by atoms with Gasteiger partial charge in [-0.1, -0.05) is 13.3 Å². The number of nitrogens with zero attached hydrogens (tertiary/aromatic N) is 1. The van der Waals surface area contributed by atoms with Crippen molar-refractivity contribution in [3.05, 3.63) is 0 Å². The minimum Gasteiger partial charge on any atom is -0.480 e. The zero-order valence-electron chi connectivity index (χ0n) is 10.9. The summed E-state index contributed by atoms with van der Waals surface area (Å²) in [6.45, 7) is 4.83. The van der Waals surface area contributed by atoms with Gasteiger partial charge in [-0.3, -0.25) is 4.79 Å². The Kier molecular flexibility index (Phi) is 6.49. The van der Waals surface area contributed by atoms with E-state index in [9.17, 15) is 9.59 Å². The molecule has 1 saturated heterocycles. The first-order chi connectivity index (χ1) is 8.57. The van der Waals surface area contributed by atoms with E-state index in [2.05, 4.69) is 6.92 Å². The van der Waals surface area contributed by atoms with Gasteiger partial charge in [-0.05, 0) is 19.1 Å². The van der Waals surface area contributed by atoms with Crippen LogP contribution >= 0.6 is 11.8 Å². The molecule has 2 atom stereocenters. The average Bonchev–Trinajstić information content (AvgIpc) is 2.38. The third-order valence-corrected chi connectivity index (χ3v) is 4.14. The maximum absolute atomic E-state index is 12.2. The number of thioether (sulfide) groups is 1. The van der Waals surface area contributed by atoms with Crippen LogP contribution in [0.1, 0.15) is 26.7 Å². The van der Waals surface area contributed by atoms with Gasteiger partial charge in [-0.2, -0.15) is 0 Å². The van der Waals surface area contributed by atoms with Crippen LogP contribution in [0.15, 0.2) is 0 Å². The summed E-state index contributed by atoms with van der Waals surface area (Å²) in [5.41, 5.74) is 0. The summed E-state index contributed by atoms with van der Waals surface area (Å²) in [5.74, 6) is -0.147. The SMILES string of the molecule is CCCCSC(C)C(=O)N1CCOCC1C(=O)O. The van der Waals surface area contributed by atoms with Crippen molar-refractivity contribution < 1.29 is 19.4 Å². The van der Waals surface area contributed by atoms with Gasteiger partial charge in [-0.15, -0.1) is 11.8 Å². The summed E-state index contributed by atoms with van der Waals surface area (Å²) in [4.78, 5) is 24.7. The number of carboxylic acid groups (broad SMARTS) is 1. The van der Waals surface area contributed by atoms with Crippen molar-refractivity contribution >= 4 is 23.6 Å². The summed E-state index contributed by atoms with van der Waals surface area (Å²) >= 11 is 1.59. The molecule has 1 aliphatic rings. The number of carbonyl (C=O) groups excluding carboxylic acids is 1. The lowest BCUT2D eigenvalue weighted by atomic mass is 10.2. The van der Waals surface area contributed by atoms with Gasteiger partial charge in [0.2, 0.25) is 5.91 Å². The van der Waals surface area contributed by atoms with Crippen LogP contribution in [0.4, 0.5) is 0 Å². The fourth-order valence-corrected chi connectivity index (χ4v) is 2.87. The molecule has 1 heterocycles. The van der Waals surface area contributed by atoms with E-state index in [0.29, 0.717) is 13.2 Å². The molecular weight excluding hydrogens is 254 g/mol. The number of amides is 1. The molecule has 104 valence electrons. The minimum absolute atomic E-state index is 0.0907. The van der Waals surface area contributed by atoms with Crippen LogP contribution in [0.2, 0.25) is 0 Å². The normalized spacial score (nSPS) is 21.7. The van der Waals surface area contributed by atoms with E-state index in [-0.39, 0.29) is 17.8 Å². The molecule has 0 aromatic heterocycles. The zero-order chi connectivity index (χ0) is 13.5. The van der Waals surface area contributed by atoms with Gasteiger partial charge in [0.25, 0.3) is 0 Å². The predicted octanol–water partition coefficient (Wildman–Crippen LogP) is 1.22. The molecule has 0 aromatic carbocycles. The first-order valence-electron chi connectivity index (χ1n) is 6.30. The Morgan fingerprint density at radius 1 is 1.56 bits per heavy atom. The highest BCUT2D eigenvalue weighted by atomic mass is 32.2. The lowest BCUT2D eigenvalue weighted by Gasteiger charge is -2.34. The topological polar surface area (TPSA) is 66.8 Å². The second-order valence-electron chi connectivity index (χ2n) is 4.33. The van der Waals surface area contributed by atoms with Gasteiger partial charge in [0, 0.05) is 6.54 Å². The highest BCUT2D eigenvalue weighted by Gasteiger charge is 2.34. The Morgan fingerprint density at radius 3 is 2.89 bits per heavy atom. The van der Waals surface area contributed by atoms with E-state index in [1.807, 2.05) is 6.92 Å². The third kappa shape index (κ3) is 4.17. The van der Waals surface area contributed by atoms with E-state index in [1.54, 1.807) is 11.8 Å². The van der Waals surface area contributed by atoms with Crippen molar-refractivity contribution in [3.8, 4) is 0 Å². The molecule has 2 unspecified atom stereocenters. The standard InChI is InChI=1S/C12H21NO4S/c1-3-4-7-18-9(2)11(14)13-5-6-17-8-10(13)12(15)16/h9-10H,3-8H2,1-2H3,(H,15,16). The number of hydrogen-bond donors (Lipinski definition) is 1. The molecule has 1 fully saturated rings. The largest absolute Gasteiger partial charge is 0.480 e. The number of ether oxygens (including phenoxy) is 1. The maximum Gasteiger partial charge on any atom is 0.328 e. The molecule has 18 heavy (non-hydrogen) atoms. The number of hydrogen-bond acceptors (Lipinski definition) is 4. The molecule has 0 radical (unpaired) electrons. The number of carbonyl (C=O) groups is 2. The van der Waals surface area contributed by atoms with Crippen molar-refractivity contribution in [1.82, 2.24) is 4.90 Å². The number of morpholine rings is 1. The molecule has 6 heteroatoms. The summed E-state index contributed by atoms with van der Waals surface area (Å²) in [6.07, 6.45) is 2.18. The monoisotopic (exact) mass is 275 g/mol. The summed E-state index contributed by atoms with van der Waals surface area (Å²) in [6, 6.07) is -0.833. The first kappa shape index (κ1) is 15.3. The molecule has 1 aliphatic heterocycles. The molecule has 0 saturated carbocycles. The van der Waals surface area contributed by atoms with Crippen LogP contribution < -0.4 is 0 Å². The van der Waals surface area contributed by atoms with Crippen molar-refractivity contribution in [3.63, 3.8) is 0 Å². The molecule has 1 amide bonds. The van der Waals surface area contributed by atoms with Gasteiger partial charge >= 0.3 is 5.97 Å². The van der Waals surface area contributed by atoms with Crippen LogP contribution in [0.3, 0.4) is 0 Å². The molecule has 0 aromatic rings. The maximum atomic E-state index is 12.2. The smallest absolute Gasteiger partial charge is 0.328 e. The lowest BCUT2D eigenvalue weighted by molar-refractivity contribution is -0.157. The molecule has 0 spiro atoms. The quantitative estimate of drug-likeness (QED) is 0.738. The van der Waals surface area contributed by atoms with E-state index in [1.165, 1.54) is 4.90 Å². The lowest BCUT2D eigenvalue weighted by Crippen LogP contribution is -2.54. The molecular formula is C12H21NO4S. The highest BCUT2D eigenvalue weighted by molar-refractivity contribution is 8.00. The van der Waals surface area contributed by atoms with E-state index in [0.717, 1.165) is 18.6 Å². The minimum atomic E-state index is -0.992. The van der Waals surface area contributed by atoms with Gasteiger partial charge in [0.1, 0.15) is 0 Å². The van der Waals surface area contributed by atoms with E-state index in [4.69, 9.17) is 9.84 Å². The van der Waals surface area contributed by atoms with E-state index >= 15 is 0 Å². The summed E-state index contributed by atoms with van der Waals surface area (Å²) in [5, 5.41) is 8.89. The van der Waals surface area contributed by atoms with Gasteiger partial charge in [0.15, 0.2) is 6.04 Å².